The average Bonchev–Trinajstić information content (AvgIpc) is 2.91. The zero-order valence-electron chi connectivity index (χ0n) is 24.3. The number of aliphatic imine (C=N–C) groups is 2. The van der Waals surface area contributed by atoms with Crippen LogP contribution in [0.3, 0.4) is 0 Å². The van der Waals surface area contributed by atoms with Gasteiger partial charge in [-0.1, -0.05) is 53.6 Å². The molecule has 0 heterocycles. The monoisotopic (exact) mass is 580 g/mol. The Hall–Kier alpha value is -4.65. The summed E-state index contributed by atoms with van der Waals surface area (Å²) in [7, 11) is 0. The van der Waals surface area contributed by atoms with Crippen molar-refractivity contribution in [2.75, 3.05) is 13.1 Å². The number of amides is 3. The largest absolute Gasteiger partial charge is 0.370 e. The molecule has 0 unspecified atom stereocenters. The zero-order valence-corrected chi connectivity index (χ0v) is 24.3. The number of guanidine groups is 2. The molecular formula is C29H44N10O3. The number of hydrogen-bond donors (Lipinski definition) is 8. The highest BCUT2D eigenvalue weighted by Crippen LogP contribution is 2.23. The second kappa shape index (κ2) is 16.6. The summed E-state index contributed by atoms with van der Waals surface area (Å²) in [4.78, 5) is 46.2. The molecule has 0 aromatic heterocycles. The van der Waals surface area contributed by atoms with Gasteiger partial charge < -0.3 is 45.0 Å². The number of aryl methyl sites for hydroxylation is 2. The van der Waals surface area contributed by atoms with Crippen molar-refractivity contribution in [2.24, 2.45) is 44.4 Å². The van der Waals surface area contributed by atoms with Crippen LogP contribution in [0.25, 0.3) is 11.1 Å². The van der Waals surface area contributed by atoms with E-state index in [2.05, 4.69) is 38.8 Å². The van der Waals surface area contributed by atoms with Crippen molar-refractivity contribution in [2.45, 2.75) is 64.1 Å². The Bertz CT molecular complexity index is 1250. The Kier molecular flexibility index (Phi) is 13.2. The van der Waals surface area contributed by atoms with Crippen LogP contribution in [0.4, 0.5) is 0 Å². The Balaban J connectivity index is 2.19. The first-order valence-electron chi connectivity index (χ1n) is 13.8. The van der Waals surface area contributed by atoms with E-state index >= 15 is 0 Å². The van der Waals surface area contributed by atoms with Crippen molar-refractivity contribution in [1.29, 1.82) is 0 Å². The average molecular weight is 581 g/mol. The number of carbonyl (C=O) groups excluding carboxylic acids is 3. The first-order valence-corrected chi connectivity index (χ1v) is 13.8. The molecule has 0 aliphatic heterocycles. The lowest BCUT2D eigenvalue weighted by molar-refractivity contribution is -0.131. The van der Waals surface area contributed by atoms with Crippen LogP contribution in [-0.4, -0.2) is 60.9 Å². The van der Waals surface area contributed by atoms with Crippen molar-refractivity contribution in [3.05, 3.63) is 59.2 Å². The van der Waals surface area contributed by atoms with Gasteiger partial charge in [-0.2, -0.15) is 0 Å². The molecule has 42 heavy (non-hydrogen) atoms. The lowest BCUT2D eigenvalue weighted by atomic mass is 9.97. The van der Waals surface area contributed by atoms with Gasteiger partial charge >= 0.3 is 0 Å². The van der Waals surface area contributed by atoms with Gasteiger partial charge in [-0.25, -0.2) is 0 Å². The van der Waals surface area contributed by atoms with Gasteiger partial charge in [0, 0.05) is 19.5 Å². The topological polar surface area (TPSA) is 256 Å². The maximum Gasteiger partial charge on any atom is 0.243 e. The molecule has 14 N–H and O–H groups in total. The minimum Gasteiger partial charge on any atom is -0.370 e. The quantitative estimate of drug-likeness (QED) is 0.0720. The maximum absolute atomic E-state index is 13.4. The van der Waals surface area contributed by atoms with E-state index in [0.29, 0.717) is 25.8 Å². The Morgan fingerprint density at radius 1 is 0.714 bits per heavy atom. The second-order valence-corrected chi connectivity index (χ2v) is 10.3. The molecule has 2 aromatic carbocycles. The fourth-order valence-electron chi connectivity index (χ4n) is 4.41. The first kappa shape index (κ1) is 33.6. The van der Waals surface area contributed by atoms with Crippen molar-refractivity contribution in [3.63, 3.8) is 0 Å². The summed E-state index contributed by atoms with van der Waals surface area (Å²) in [5.41, 5.74) is 38.2. The standard InChI is InChI=1S/C29H44N10O3/c1-17-13-18(2)15-21(14-17)20-9-7-19(8-10-20)16-24(39-26(41)22(30)5-3-11-36-28(32)33)27(42)38-23(25(31)40)6-4-12-37-29(34)35/h7-10,13-15,22-24H,3-6,11-12,16,30H2,1-2H3,(H2,31,40)(H,38,42)(H,39,41)(H4,32,33,36)(H4,34,35,37)/t22-,23-,24-/m0/s1. The number of nitrogens with two attached hydrogens (primary N) is 6. The minimum absolute atomic E-state index is 0.0457. The van der Waals surface area contributed by atoms with Gasteiger partial charge in [-0.15, -0.1) is 0 Å². The smallest absolute Gasteiger partial charge is 0.243 e. The fraction of sp³-hybridized carbons (Fsp3) is 0.414. The molecule has 228 valence electrons. The SMILES string of the molecule is Cc1cc(C)cc(-c2ccc(C[C@H](NC(=O)[C@@H](N)CCCN=C(N)N)C(=O)N[C@@H](CCCN=C(N)N)C(N)=O)cc2)c1. The van der Waals surface area contributed by atoms with Gasteiger partial charge in [0.2, 0.25) is 17.7 Å². The molecule has 3 amide bonds. The number of nitrogens with zero attached hydrogens (tertiary/aromatic N) is 2. The zero-order chi connectivity index (χ0) is 31.2. The Labute approximate surface area is 246 Å². The van der Waals surface area contributed by atoms with Gasteiger partial charge in [0.05, 0.1) is 6.04 Å². The van der Waals surface area contributed by atoms with Gasteiger partial charge in [0.1, 0.15) is 12.1 Å². The van der Waals surface area contributed by atoms with E-state index in [4.69, 9.17) is 34.4 Å². The Morgan fingerprint density at radius 2 is 1.24 bits per heavy atom. The summed E-state index contributed by atoms with van der Waals surface area (Å²) in [5.74, 6) is -1.92. The van der Waals surface area contributed by atoms with Gasteiger partial charge in [-0.3, -0.25) is 24.4 Å². The molecule has 0 saturated carbocycles. The van der Waals surface area contributed by atoms with Crippen LogP contribution in [-0.2, 0) is 20.8 Å². The maximum atomic E-state index is 13.4. The minimum atomic E-state index is -1.02. The molecule has 3 atom stereocenters. The summed E-state index contributed by atoms with van der Waals surface area (Å²) in [5, 5.41) is 5.39. The molecule has 2 rings (SSSR count). The number of rotatable bonds is 16. The van der Waals surface area contributed by atoms with E-state index in [9.17, 15) is 14.4 Å². The molecule has 0 bridgehead atoms. The van der Waals surface area contributed by atoms with Crippen molar-refractivity contribution >= 4 is 29.6 Å². The third-order valence-electron chi connectivity index (χ3n) is 6.49. The summed E-state index contributed by atoms with van der Waals surface area (Å²) in [6.07, 6.45) is 1.56. The number of hydrogen-bond acceptors (Lipinski definition) is 6. The van der Waals surface area contributed by atoms with Crippen LogP contribution in [0.1, 0.15) is 42.4 Å². The molecule has 0 saturated heterocycles. The molecule has 0 aliphatic rings. The highest BCUT2D eigenvalue weighted by molar-refractivity contribution is 5.92. The number of benzene rings is 2. The number of primary amides is 1. The summed E-state index contributed by atoms with van der Waals surface area (Å²) in [6, 6.07) is 11.1. The number of carbonyl (C=O) groups is 3. The molecule has 0 aliphatic carbocycles. The van der Waals surface area contributed by atoms with Crippen LogP contribution in [0.5, 0.6) is 0 Å². The summed E-state index contributed by atoms with van der Waals surface area (Å²) < 4.78 is 0. The van der Waals surface area contributed by atoms with Crippen molar-refractivity contribution in [1.82, 2.24) is 10.6 Å². The molecule has 2 aromatic rings. The second-order valence-electron chi connectivity index (χ2n) is 10.3. The highest BCUT2D eigenvalue weighted by atomic mass is 16.2. The van der Waals surface area contributed by atoms with Crippen LogP contribution in [0.2, 0.25) is 0 Å². The predicted molar refractivity (Wildman–Crippen MR) is 166 cm³/mol. The van der Waals surface area contributed by atoms with E-state index in [-0.39, 0.29) is 31.3 Å². The predicted octanol–water partition coefficient (Wildman–Crippen LogP) is -0.598. The van der Waals surface area contributed by atoms with Gasteiger partial charge in [0.25, 0.3) is 0 Å². The Morgan fingerprint density at radius 3 is 1.76 bits per heavy atom. The van der Waals surface area contributed by atoms with E-state index in [1.165, 1.54) is 0 Å². The molecular weight excluding hydrogens is 536 g/mol. The van der Waals surface area contributed by atoms with E-state index in [1.807, 2.05) is 38.1 Å². The molecule has 0 radical (unpaired) electrons. The van der Waals surface area contributed by atoms with Crippen LogP contribution in [0.15, 0.2) is 52.4 Å². The highest BCUT2D eigenvalue weighted by Gasteiger charge is 2.27. The van der Waals surface area contributed by atoms with Crippen molar-refractivity contribution in [3.8, 4) is 11.1 Å². The molecule has 13 nitrogen and oxygen atoms in total. The number of nitrogens with one attached hydrogen (secondary N) is 2. The molecule has 0 spiro atoms. The lowest BCUT2D eigenvalue weighted by Gasteiger charge is -2.23. The third-order valence-corrected chi connectivity index (χ3v) is 6.49. The first-order chi connectivity index (χ1) is 19.8. The van der Waals surface area contributed by atoms with Gasteiger partial charge in [0.15, 0.2) is 11.9 Å². The third kappa shape index (κ3) is 11.8. The fourth-order valence-corrected chi connectivity index (χ4v) is 4.41. The molecule has 0 fully saturated rings. The summed E-state index contributed by atoms with van der Waals surface area (Å²) >= 11 is 0. The van der Waals surface area contributed by atoms with E-state index in [1.54, 1.807) is 0 Å². The summed E-state index contributed by atoms with van der Waals surface area (Å²) in [6.45, 7) is 4.68. The van der Waals surface area contributed by atoms with Gasteiger partial charge in [-0.05, 0) is 56.2 Å². The van der Waals surface area contributed by atoms with Crippen LogP contribution >= 0.6 is 0 Å². The lowest BCUT2D eigenvalue weighted by Crippen LogP contribution is -2.56. The van der Waals surface area contributed by atoms with Crippen LogP contribution < -0.4 is 45.0 Å². The van der Waals surface area contributed by atoms with Crippen molar-refractivity contribution < 1.29 is 14.4 Å². The van der Waals surface area contributed by atoms with E-state index in [0.717, 1.165) is 27.8 Å². The molecule has 13 heteroatoms. The normalized spacial score (nSPS) is 12.8. The van der Waals surface area contributed by atoms with E-state index < -0.39 is 35.8 Å². The van der Waals surface area contributed by atoms with Crippen LogP contribution in [0, 0.1) is 13.8 Å².